The Labute approximate surface area is 176 Å². The molecule has 0 saturated heterocycles. The van der Waals surface area contributed by atoms with Crippen molar-refractivity contribution in [3.05, 3.63) is 58.7 Å². The summed E-state index contributed by atoms with van der Waals surface area (Å²) in [5, 5.41) is 2.98. The molecule has 0 saturated carbocycles. The first-order valence-corrected chi connectivity index (χ1v) is 10.5. The Kier molecular flexibility index (Phi) is 5.74. The van der Waals surface area contributed by atoms with Crippen molar-refractivity contribution in [1.29, 1.82) is 0 Å². The Morgan fingerprint density at radius 2 is 1.93 bits per heavy atom. The van der Waals surface area contributed by atoms with Gasteiger partial charge in [0.15, 0.2) is 0 Å². The number of H-pyrrole nitrogens is 1. The van der Waals surface area contributed by atoms with Gasteiger partial charge in [0.2, 0.25) is 0 Å². The van der Waals surface area contributed by atoms with Crippen molar-refractivity contribution in [3.63, 3.8) is 0 Å². The third-order valence-electron chi connectivity index (χ3n) is 5.30. The second-order valence-corrected chi connectivity index (χ2v) is 7.69. The van der Waals surface area contributed by atoms with Crippen LogP contribution in [0.15, 0.2) is 42.5 Å². The fourth-order valence-corrected chi connectivity index (χ4v) is 4.17. The number of rotatable bonds is 7. The highest BCUT2D eigenvalue weighted by Crippen LogP contribution is 2.39. The number of nitrogens with two attached hydrogens (primary N) is 1. The molecule has 2 aromatic carbocycles. The van der Waals surface area contributed by atoms with Gasteiger partial charge < -0.3 is 15.5 Å². The summed E-state index contributed by atoms with van der Waals surface area (Å²) in [4.78, 5) is 8.38. The quantitative estimate of drug-likeness (QED) is 0.368. The van der Waals surface area contributed by atoms with Gasteiger partial charge in [-0.3, -0.25) is 0 Å². The lowest BCUT2D eigenvalue weighted by Gasteiger charge is -2.12. The van der Waals surface area contributed by atoms with Crippen LogP contribution in [0.3, 0.4) is 0 Å². The summed E-state index contributed by atoms with van der Waals surface area (Å²) in [5.41, 5.74) is 12.1. The summed E-state index contributed by atoms with van der Waals surface area (Å²) in [6.45, 7) is 5.30. The van der Waals surface area contributed by atoms with Gasteiger partial charge in [-0.2, -0.15) is 0 Å². The minimum absolute atomic E-state index is 0.608. The van der Waals surface area contributed by atoms with Crippen molar-refractivity contribution in [3.8, 4) is 17.0 Å². The minimum atomic E-state index is 0.608. The lowest BCUT2D eigenvalue weighted by Crippen LogP contribution is -2.00. The summed E-state index contributed by atoms with van der Waals surface area (Å²) < 4.78 is 5.85. The number of nitrogens with one attached hydrogen (secondary N) is 1. The highest BCUT2D eigenvalue weighted by Gasteiger charge is 2.18. The molecule has 4 nitrogen and oxygen atoms in total. The number of unbranched alkanes of at least 4 members (excludes halogenated alkanes) is 1. The zero-order valence-electron chi connectivity index (χ0n) is 16.9. The second-order valence-electron chi connectivity index (χ2n) is 7.28. The zero-order chi connectivity index (χ0) is 20.4. The topological polar surface area (TPSA) is 63.9 Å². The molecule has 0 aliphatic carbocycles. The monoisotopic (exact) mass is 407 g/mol. The number of para-hydroxylation sites is 1. The summed E-state index contributed by atoms with van der Waals surface area (Å²) in [5.74, 6) is 0.814. The number of nitrogens with zero attached hydrogens (tertiary/aromatic N) is 1. The van der Waals surface area contributed by atoms with E-state index in [1.54, 1.807) is 0 Å². The molecule has 0 fully saturated rings. The van der Waals surface area contributed by atoms with Gasteiger partial charge in [-0.25, -0.2) is 4.98 Å². The molecule has 3 N–H and O–H groups in total. The van der Waals surface area contributed by atoms with Gasteiger partial charge in [-0.15, -0.1) is 0 Å². The van der Waals surface area contributed by atoms with Crippen molar-refractivity contribution < 1.29 is 4.74 Å². The number of aromatic nitrogens is 2. The van der Waals surface area contributed by atoms with Crippen molar-refractivity contribution in [1.82, 2.24) is 9.97 Å². The summed E-state index contributed by atoms with van der Waals surface area (Å²) in [6.07, 6.45) is 2.98. The van der Waals surface area contributed by atoms with Crippen LogP contribution in [-0.2, 0) is 6.42 Å². The van der Waals surface area contributed by atoms with Gasteiger partial charge in [0.25, 0.3) is 0 Å². The molecule has 2 heterocycles. The molecule has 2 aromatic heterocycles. The molecule has 0 radical (unpaired) electrons. The number of hydrogen-bond acceptors (Lipinski definition) is 3. The summed E-state index contributed by atoms with van der Waals surface area (Å²) in [6, 6.07) is 14.4. The number of benzene rings is 2. The molecule has 29 heavy (non-hydrogen) atoms. The molecule has 5 heteroatoms. The molecule has 0 amide bonds. The van der Waals surface area contributed by atoms with E-state index >= 15 is 0 Å². The van der Waals surface area contributed by atoms with Crippen LogP contribution in [0, 0.1) is 6.92 Å². The molecule has 0 unspecified atom stereocenters. The average Bonchev–Trinajstić information content (AvgIpc) is 3.08. The predicted molar refractivity (Wildman–Crippen MR) is 122 cm³/mol. The maximum Gasteiger partial charge on any atom is 0.145 e. The van der Waals surface area contributed by atoms with Gasteiger partial charge >= 0.3 is 0 Å². The highest BCUT2D eigenvalue weighted by molar-refractivity contribution is 6.35. The van der Waals surface area contributed by atoms with E-state index in [1.807, 2.05) is 38.1 Å². The number of ether oxygens (including phenoxy) is 1. The Bertz CT molecular complexity index is 1170. The number of halogens is 1. The summed E-state index contributed by atoms with van der Waals surface area (Å²) >= 11 is 6.51. The lowest BCUT2D eigenvalue weighted by molar-refractivity contribution is 0.343. The van der Waals surface area contributed by atoms with Crippen LogP contribution in [-0.4, -0.2) is 23.1 Å². The number of hydrogen-bond donors (Lipinski definition) is 2. The molecular formula is C24H26ClN3O. The van der Waals surface area contributed by atoms with Gasteiger partial charge in [0, 0.05) is 22.0 Å². The molecule has 150 valence electrons. The molecule has 4 aromatic rings. The lowest BCUT2D eigenvalue weighted by atomic mass is 9.97. The molecule has 0 aliphatic heterocycles. The van der Waals surface area contributed by atoms with Crippen molar-refractivity contribution in [2.75, 3.05) is 13.2 Å². The van der Waals surface area contributed by atoms with E-state index in [4.69, 9.17) is 27.1 Å². The molecule has 0 bridgehead atoms. The van der Waals surface area contributed by atoms with Crippen LogP contribution in [0.25, 0.3) is 33.1 Å². The molecule has 4 rings (SSSR count). The number of aryl methyl sites for hydroxylation is 2. The van der Waals surface area contributed by atoms with E-state index in [9.17, 15) is 0 Å². The van der Waals surface area contributed by atoms with Crippen molar-refractivity contribution in [2.24, 2.45) is 5.73 Å². The first-order chi connectivity index (χ1) is 14.1. The largest absolute Gasteiger partial charge is 0.492 e. The van der Waals surface area contributed by atoms with Crippen LogP contribution < -0.4 is 10.5 Å². The molecular weight excluding hydrogens is 382 g/mol. The Morgan fingerprint density at radius 3 is 2.72 bits per heavy atom. The third-order valence-corrected chi connectivity index (χ3v) is 5.61. The number of aromatic amines is 1. The van der Waals surface area contributed by atoms with E-state index in [-0.39, 0.29) is 0 Å². The van der Waals surface area contributed by atoms with E-state index in [2.05, 4.69) is 23.2 Å². The van der Waals surface area contributed by atoms with Crippen molar-refractivity contribution in [2.45, 2.75) is 33.1 Å². The van der Waals surface area contributed by atoms with E-state index in [0.29, 0.717) is 13.2 Å². The van der Waals surface area contributed by atoms with Crippen molar-refractivity contribution >= 4 is 33.4 Å². The van der Waals surface area contributed by atoms with Crippen LogP contribution in [0.2, 0.25) is 5.02 Å². The fourth-order valence-electron chi connectivity index (χ4n) is 3.95. The normalized spacial score (nSPS) is 11.4. The van der Waals surface area contributed by atoms with Crippen LogP contribution in [0.4, 0.5) is 0 Å². The van der Waals surface area contributed by atoms with Gasteiger partial charge in [0.05, 0.1) is 22.8 Å². The molecule has 0 spiro atoms. The Hall–Kier alpha value is -2.56. The number of fused-ring (bicyclic) bond motifs is 2. The molecule has 0 aliphatic rings. The first-order valence-electron chi connectivity index (χ1n) is 10.2. The minimum Gasteiger partial charge on any atom is -0.492 e. The Balaban J connectivity index is 1.97. The van der Waals surface area contributed by atoms with E-state index < -0.39 is 0 Å². The maximum absolute atomic E-state index is 6.51. The standard InChI is InChI=1S/C24H26ClN3O/c1-3-29-21-13-12-18(19-11-10-15(2)27-24(19)21)22-16(7-4-5-14-26)17-8-6-9-20(25)23(17)28-22/h6,8-13,28H,3-5,7,14,26H2,1-2H3. The Morgan fingerprint density at radius 1 is 1.07 bits per heavy atom. The fraction of sp³-hybridized carbons (Fsp3) is 0.292. The molecule has 0 atom stereocenters. The zero-order valence-corrected chi connectivity index (χ0v) is 17.6. The second kappa shape index (κ2) is 8.44. The summed E-state index contributed by atoms with van der Waals surface area (Å²) in [7, 11) is 0. The van der Waals surface area contributed by atoms with E-state index in [1.165, 1.54) is 10.9 Å². The highest BCUT2D eigenvalue weighted by atomic mass is 35.5. The van der Waals surface area contributed by atoms with Gasteiger partial charge in [-0.05, 0) is 69.5 Å². The number of pyridine rings is 1. The maximum atomic E-state index is 6.51. The smallest absolute Gasteiger partial charge is 0.145 e. The van der Waals surface area contributed by atoms with E-state index in [0.717, 1.165) is 63.4 Å². The van der Waals surface area contributed by atoms with Gasteiger partial charge in [-0.1, -0.05) is 29.8 Å². The first kappa shape index (κ1) is 19.7. The van der Waals surface area contributed by atoms with Crippen LogP contribution in [0.1, 0.15) is 31.0 Å². The average molecular weight is 408 g/mol. The predicted octanol–water partition coefficient (Wildman–Crippen LogP) is 6.03. The van der Waals surface area contributed by atoms with Gasteiger partial charge in [0.1, 0.15) is 11.3 Å². The van der Waals surface area contributed by atoms with Crippen LogP contribution >= 0.6 is 11.6 Å². The third kappa shape index (κ3) is 3.70. The SMILES string of the molecule is CCOc1ccc(-c2[nH]c3c(Cl)cccc3c2CCCCN)c2ccc(C)nc12. The van der Waals surface area contributed by atoms with Crippen LogP contribution in [0.5, 0.6) is 5.75 Å².